The molecule has 1 aliphatic rings. The van der Waals surface area contributed by atoms with Crippen LogP contribution >= 0.6 is 0 Å². The Hall–Kier alpha value is -1.76. The summed E-state index contributed by atoms with van der Waals surface area (Å²) in [5.41, 5.74) is 0. The van der Waals surface area contributed by atoms with Gasteiger partial charge in [0.15, 0.2) is 5.75 Å². The largest absolute Gasteiger partial charge is 0.490 e. The van der Waals surface area contributed by atoms with Gasteiger partial charge >= 0.3 is 6.09 Å². The number of hydrogen-bond donors (Lipinski definition) is 1. The van der Waals surface area contributed by atoms with E-state index in [-0.39, 0.29) is 12.0 Å². The second kappa shape index (κ2) is 5.26. The zero-order valence-electron chi connectivity index (χ0n) is 10.4. The van der Waals surface area contributed by atoms with E-state index < -0.39 is 6.09 Å². The lowest BCUT2D eigenvalue weighted by molar-refractivity contribution is 0.0603. The van der Waals surface area contributed by atoms with Crippen LogP contribution in [-0.2, 0) is 11.8 Å². The van der Waals surface area contributed by atoms with E-state index in [0.29, 0.717) is 25.4 Å². The first-order chi connectivity index (χ1) is 8.60. The van der Waals surface area contributed by atoms with Gasteiger partial charge in [0, 0.05) is 26.6 Å². The highest BCUT2D eigenvalue weighted by Gasteiger charge is 2.35. The van der Waals surface area contributed by atoms with Crippen molar-refractivity contribution in [1.82, 2.24) is 14.7 Å². The molecule has 1 aliphatic heterocycles. The van der Waals surface area contributed by atoms with E-state index >= 15 is 0 Å². The van der Waals surface area contributed by atoms with Crippen molar-refractivity contribution in [2.75, 3.05) is 26.8 Å². The number of hydrogen-bond acceptors (Lipinski definition) is 4. The van der Waals surface area contributed by atoms with Crippen molar-refractivity contribution < 1.29 is 19.4 Å². The van der Waals surface area contributed by atoms with Gasteiger partial charge in [-0.2, -0.15) is 5.10 Å². The monoisotopic (exact) mass is 255 g/mol. The van der Waals surface area contributed by atoms with Crippen LogP contribution in [0.1, 0.15) is 0 Å². The molecule has 1 amide bonds. The molecule has 0 spiro atoms. The molecular weight excluding hydrogens is 238 g/mol. The van der Waals surface area contributed by atoms with Crippen molar-refractivity contribution in [3.05, 3.63) is 12.4 Å². The van der Waals surface area contributed by atoms with Crippen molar-refractivity contribution in [2.45, 2.75) is 6.10 Å². The molecule has 1 N–H and O–H groups in total. The summed E-state index contributed by atoms with van der Waals surface area (Å²) in [4.78, 5) is 12.3. The van der Waals surface area contributed by atoms with Crippen LogP contribution in [0.5, 0.6) is 5.75 Å². The molecule has 18 heavy (non-hydrogen) atoms. The molecule has 2 heterocycles. The topological polar surface area (TPSA) is 76.8 Å². The number of aromatic nitrogens is 2. The molecule has 0 radical (unpaired) electrons. The van der Waals surface area contributed by atoms with E-state index in [1.807, 2.05) is 7.05 Å². The summed E-state index contributed by atoms with van der Waals surface area (Å²) in [6, 6.07) is 0. The second-order valence-corrected chi connectivity index (χ2v) is 4.38. The van der Waals surface area contributed by atoms with E-state index in [1.165, 1.54) is 4.90 Å². The minimum atomic E-state index is -0.916. The van der Waals surface area contributed by atoms with Gasteiger partial charge in [-0.3, -0.25) is 4.68 Å². The lowest BCUT2D eigenvalue weighted by Gasteiger charge is -2.16. The molecule has 1 aromatic heterocycles. The number of aryl methyl sites for hydroxylation is 1. The molecule has 7 heteroatoms. The SMILES string of the molecule is CO[C@H]1CN(C(=O)O)C[C@@H]1COc1cnn(C)c1. The predicted octanol–water partition coefficient (Wildman–Crippen LogP) is 0.424. The van der Waals surface area contributed by atoms with E-state index in [4.69, 9.17) is 14.6 Å². The number of rotatable bonds is 4. The Kier molecular flexibility index (Phi) is 3.71. The van der Waals surface area contributed by atoms with E-state index in [2.05, 4.69) is 5.10 Å². The van der Waals surface area contributed by atoms with Gasteiger partial charge in [-0.25, -0.2) is 4.79 Å². The van der Waals surface area contributed by atoms with Crippen molar-refractivity contribution >= 4 is 6.09 Å². The maximum Gasteiger partial charge on any atom is 0.407 e. The van der Waals surface area contributed by atoms with Gasteiger partial charge in [-0.1, -0.05) is 0 Å². The van der Waals surface area contributed by atoms with E-state index in [0.717, 1.165) is 0 Å². The van der Waals surface area contributed by atoms with Crippen molar-refractivity contribution in [3.8, 4) is 5.75 Å². The number of amides is 1. The van der Waals surface area contributed by atoms with Gasteiger partial charge in [0.2, 0.25) is 0 Å². The number of methoxy groups -OCH3 is 1. The Labute approximate surface area is 105 Å². The maximum absolute atomic E-state index is 10.9. The van der Waals surface area contributed by atoms with Gasteiger partial charge < -0.3 is 19.5 Å². The molecule has 0 saturated carbocycles. The van der Waals surface area contributed by atoms with Crippen molar-refractivity contribution in [1.29, 1.82) is 0 Å². The summed E-state index contributed by atoms with van der Waals surface area (Å²) < 4.78 is 12.5. The molecule has 2 atom stereocenters. The fourth-order valence-corrected chi connectivity index (χ4v) is 2.10. The molecule has 0 unspecified atom stereocenters. The standard InChI is InChI=1S/C11H17N3O4/c1-13-5-9(3-12-13)18-7-8-4-14(11(15)16)6-10(8)17-2/h3,5,8,10H,4,6-7H2,1-2H3,(H,15,16)/t8-,10+/m1/s1. The number of nitrogens with zero attached hydrogens (tertiary/aromatic N) is 3. The summed E-state index contributed by atoms with van der Waals surface area (Å²) >= 11 is 0. The summed E-state index contributed by atoms with van der Waals surface area (Å²) in [6.07, 6.45) is 2.37. The first-order valence-electron chi connectivity index (χ1n) is 5.72. The first kappa shape index (κ1) is 12.7. The third-order valence-corrected chi connectivity index (χ3v) is 3.10. The highest BCUT2D eigenvalue weighted by molar-refractivity contribution is 5.65. The van der Waals surface area contributed by atoms with E-state index in [9.17, 15) is 4.79 Å². The Morgan fingerprint density at radius 3 is 2.94 bits per heavy atom. The number of likely N-dealkylation sites (tertiary alicyclic amines) is 1. The molecule has 0 aromatic carbocycles. The Morgan fingerprint density at radius 2 is 2.39 bits per heavy atom. The average Bonchev–Trinajstić information content (AvgIpc) is 2.92. The van der Waals surface area contributed by atoms with Crippen LogP contribution in [0.15, 0.2) is 12.4 Å². The zero-order chi connectivity index (χ0) is 13.1. The van der Waals surface area contributed by atoms with E-state index in [1.54, 1.807) is 24.2 Å². The molecule has 0 bridgehead atoms. The highest BCUT2D eigenvalue weighted by Crippen LogP contribution is 2.21. The molecule has 1 saturated heterocycles. The molecular formula is C11H17N3O4. The normalized spacial score (nSPS) is 23.3. The minimum Gasteiger partial charge on any atom is -0.490 e. The first-order valence-corrected chi connectivity index (χ1v) is 5.72. The molecule has 2 rings (SSSR count). The van der Waals surface area contributed by atoms with Crippen LogP contribution in [0.25, 0.3) is 0 Å². The summed E-state index contributed by atoms with van der Waals surface area (Å²) in [6.45, 7) is 1.26. The lowest BCUT2D eigenvalue weighted by Crippen LogP contribution is -2.28. The van der Waals surface area contributed by atoms with Gasteiger partial charge in [0.05, 0.1) is 31.6 Å². The van der Waals surface area contributed by atoms with Gasteiger partial charge in [0.25, 0.3) is 0 Å². The zero-order valence-corrected chi connectivity index (χ0v) is 10.4. The third kappa shape index (κ3) is 2.73. The maximum atomic E-state index is 10.9. The smallest absolute Gasteiger partial charge is 0.407 e. The molecule has 7 nitrogen and oxygen atoms in total. The molecule has 0 aliphatic carbocycles. The summed E-state index contributed by atoms with van der Waals surface area (Å²) in [5, 5.41) is 12.9. The number of carbonyl (C=O) groups is 1. The fraction of sp³-hybridized carbons (Fsp3) is 0.636. The summed E-state index contributed by atoms with van der Waals surface area (Å²) in [5.74, 6) is 0.729. The molecule has 100 valence electrons. The molecule has 1 fully saturated rings. The Morgan fingerprint density at radius 1 is 1.61 bits per heavy atom. The van der Waals surface area contributed by atoms with Gasteiger partial charge in [-0.05, 0) is 0 Å². The third-order valence-electron chi connectivity index (χ3n) is 3.10. The Balaban J connectivity index is 1.90. The minimum absolute atomic E-state index is 0.0475. The van der Waals surface area contributed by atoms with Crippen LogP contribution in [0.3, 0.4) is 0 Å². The average molecular weight is 255 g/mol. The highest BCUT2D eigenvalue weighted by atomic mass is 16.5. The molecule has 1 aromatic rings. The van der Waals surface area contributed by atoms with Crippen LogP contribution < -0.4 is 4.74 Å². The van der Waals surface area contributed by atoms with Crippen LogP contribution in [0.4, 0.5) is 4.79 Å². The second-order valence-electron chi connectivity index (χ2n) is 4.38. The summed E-state index contributed by atoms with van der Waals surface area (Å²) in [7, 11) is 3.40. The van der Waals surface area contributed by atoms with Crippen LogP contribution in [0, 0.1) is 5.92 Å². The van der Waals surface area contributed by atoms with Crippen LogP contribution in [0.2, 0.25) is 0 Å². The predicted molar refractivity (Wildman–Crippen MR) is 62.6 cm³/mol. The van der Waals surface area contributed by atoms with Crippen molar-refractivity contribution in [2.24, 2.45) is 13.0 Å². The fourth-order valence-electron chi connectivity index (χ4n) is 2.10. The van der Waals surface area contributed by atoms with Gasteiger partial charge in [0.1, 0.15) is 0 Å². The quantitative estimate of drug-likeness (QED) is 0.844. The number of carboxylic acid groups (broad SMARTS) is 1. The van der Waals surface area contributed by atoms with Crippen LogP contribution in [-0.4, -0.2) is 58.8 Å². The van der Waals surface area contributed by atoms with Crippen molar-refractivity contribution in [3.63, 3.8) is 0 Å². The Bertz CT molecular complexity index is 420. The lowest BCUT2D eigenvalue weighted by atomic mass is 10.1. The number of ether oxygens (including phenoxy) is 2. The van der Waals surface area contributed by atoms with Gasteiger partial charge in [-0.15, -0.1) is 0 Å².